The van der Waals surface area contributed by atoms with Gasteiger partial charge in [-0.3, -0.25) is 0 Å². The van der Waals surface area contributed by atoms with Crippen LogP contribution in [0.4, 0.5) is 0 Å². The van der Waals surface area contributed by atoms with Crippen LogP contribution in [0.15, 0.2) is 168 Å². The van der Waals surface area contributed by atoms with Crippen molar-refractivity contribution >= 4 is 44.6 Å². The molecule has 7 aromatic carbocycles. The molecule has 0 saturated heterocycles. The minimum Gasteiger partial charge on any atom is -0.135 e. The molecule has 8 aromatic rings. The van der Waals surface area contributed by atoms with Gasteiger partial charge in [-0.1, -0.05) is 139 Å². The Labute approximate surface area is 265 Å². The highest BCUT2D eigenvalue weighted by Crippen LogP contribution is 2.51. The van der Waals surface area contributed by atoms with Crippen molar-refractivity contribution in [2.24, 2.45) is 0 Å². The molecule has 0 aliphatic carbocycles. The number of rotatable bonds is 4. The lowest BCUT2D eigenvalue weighted by Gasteiger charge is -2.21. The van der Waals surface area contributed by atoms with E-state index in [1.54, 1.807) is 0 Å². The van der Waals surface area contributed by atoms with Crippen molar-refractivity contribution in [3.05, 3.63) is 158 Å². The first-order chi connectivity index (χ1) is 21.8. The molecule has 44 heavy (non-hydrogen) atoms. The standard InChI is InChI=1S/C42H26S2/c1-2-10-27(11-3-1)29-20-21-32(31-16-8-13-28-12-4-5-14-30(28)31)37(26-29)40-25-24-39(43-40)34-22-23-41-42-35(17-9-18-36(34)42)33-15-6-7-19-38(33)44-41/h1-26H. The van der Waals surface area contributed by atoms with Crippen molar-refractivity contribution in [2.75, 3.05) is 0 Å². The fraction of sp³-hybridized carbons (Fsp3) is 0. The Morgan fingerprint density at radius 1 is 0.341 bits per heavy atom. The minimum absolute atomic E-state index is 1.23. The van der Waals surface area contributed by atoms with Gasteiger partial charge in [0, 0.05) is 30.5 Å². The second kappa shape index (κ2) is 10.4. The Bertz CT molecular complexity index is 2360. The van der Waals surface area contributed by atoms with Gasteiger partial charge in [0.25, 0.3) is 0 Å². The van der Waals surface area contributed by atoms with Crippen LogP contribution in [0.1, 0.15) is 0 Å². The van der Waals surface area contributed by atoms with Gasteiger partial charge in [0.1, 0.15) is 0 Å². The first kappa shape index (κ1) is 25.6. The Morgan fingerprint density at radius 2 is 1.02 bits per heavy atom. The van der Waals surface area contributed by atoms with Crippen molar-refractivity contribution in [3.8, 4) is 54.3 Å². The summed E-state index contributed by atoms with van der Waals surface area (Å²) in [6.07, 6.45) is 0. The highest BCUT2D eigenvalue weighted by atomic mass is 32.2. The Morgan fingerprint density at radius 3 is 1.95 bits per heavy atom. The highest BCUT2D eigenvalue weighted by Gasteiger charge is 2.21. The monoisotopic (exact) mass is 594 g/mol. The first-order valence-electron chi connectivity index (χ1n) is 14.9. The third-order valence-electron chi connectivity index (χ3n) is 8.74. The summed E-state index contributed by atoms with van der Waals surface area (Å²) in [5.74, 6) is 0. The third-order valence-corrected chi connectivity index (χ3v) is 11.0. The molecule has 0 N–H and O–H groups in total. The van der Waals surface area contributed by atoms with Crippen LogP contribution in [0.3, 0.4) is 0 Å². The average Bonchev–Trinajstić information content (AvgIpc) is 3.58. The van der Waals surface area contributed by atoms with Crippen molar-refractivity contribution in [1.82, 2.24) is 0 Å². The summed E-state index contributed by atoms with van der Waals surface area (Å²) in [5.41, 5.74) is 10.2. The molecule has 0 unspecified atom stereocenters. The molecular formula is C42H26S2. The molecule has 206 valence electrons. The molecule has 9 rings (SSSR count). The van der Waals surface area contributed by atoms with Crippen molar-refractivity contribution < 1.29 is 0 Å². The van der Waals surface area contributed by atoms with Crippen molar-refractivity contribution in [2.45, 2.75) is 9.79 Å². The maximum absolute atomic E-state index is 2.38. The second-order valence-corrected chi connectivity index (χ2v) is 13.4. The van der Waals surface area contributed by atoms with E-state index in [1.807, 2.05) is 23.1 Å². The van der Waals surface area contributed by atoms with E-state index in [2.05, 4.69) is 158 Å². The molecule has 0 radical (unpaired) electrons. The number of hydrogen-bond donors (Lipinski definition) is 0. The van der Waals surface area contributed by atoms with E-state index in [1.165, 1.54) is 85.6 Å². The second-order valence-electron chi connectivity index (χ2n) is 11.3. The summed E-state index contributed by atoms with van der Waals surface area (Å²) in [6.45, 7) is 0. The lowest BCUT2D eigenvalue weighted by atomic mass is 9.91. The van der Waals surface area contributed by atoms with Crippen LogP contribution in [-0.4, -0.2) is 0 Å². The number of benzene rings is 7. The number of fused-ring (bicyclic) bond motifs is 3. The zero-order chi connectivity index (χ0) is 29.0. The molecular weight excluding hydrogens is 569 g/mol. The van der Waals surface area contributed by atoms with Gasteiger partial charge in [-0.15, -0.1) is 11.3 Å². The molecule has 2 heterocycles. The van der Waals surface area contributed by atoms with Gasteiger partial charge in [0.2, 0.25) is 0 Å². The topological polar surface area (TPSA) is 0 Å². The predicted molar refractivity (Wildman–Crippen MR) is 191 cm³/mol. The van der Waals surface area contributed by atoms with Gasteiger partial charge < -0.3 is 0 Å². The summed E-state index contributed by atoms with van der Waals surface area (Å²) < 4.78 is 0. The van der Waals surface area contributed by atoms with Crippen LogP contribution in [-0.2, 0) is 0 Å². The van der Waals surface area contributed by atoms with Crippen LogP contribution >= 0.6 is 23.1 Å². The largest absolute Gasteiger partial charge is 0.135 e. The van der Waals surface area contributed by atoms with E-state index >= 15 is 0 Å². The van der Waals surface area contributed by atoms with E-state index in [4.69, 9.17) is 0 Å². The van der Waals surface area contributed by atoms with Gasteiger partial charge >= 0.3 is 0 Å². The van der Waals surface area contributed by atoms with E-state index < -0.39 is 0 Å². The molecule has 0 bridgehead atoms. The number of thiophene rings is 1. The number of hydrogen-bond acceptors (Lipinski definition) is 2. The average molecular weight is 595 g/mol. The van der Waals surface area contributed by atoms with Gasteiger partial charge in [-0.05, 0) is 85.4 Å². The van der Waals surface area contributed by atoms with Crippen molar-refractivity contribution in [1.29, 1.82) is 0 Å². The molecule has 1 aromatic heterocycles. The summed E-state index contributed by atoms with van der Waals surface area (Å²) >= 11 is 3.77. The van der Waals surface area contributed by atoms with Crippen LogP contribution in [0.25, 0.3) is 75.8 Å². The molecule has 0 saturated carbocycles. The normalized spacial score (nSPS) is 12.0. The zero-order valence-electron chi connectivity index (χ0n) is 23.8. The van der Waals surface area contributed by atoms with Crippen LogP contribution < -0.4 is 0 Å². The fourth-order valence-corrected chi connectivity index (χ4v) is 8.88. The predicted octanol–water partition coefficient (Wildman–Crippen LogP) is 12.9. The Kier molecular flexibility index (Phi) is 6.04. The fourth-order valence-electron chi connectivity index (χ4n) is 6.68. The molecule has 0 atom stereocenters. The van der Waals surface area contributed by atoms with Crippen LogP contribution in [0, 0.1) is 0 Å². The van der Waals surface area contributed by atoms with Gasteiger partial charge in [-0.25, -0.2) is 0 Å². The third kappa shape index (κ3) is 4.14. The SMILES string of the molecule is c1ccc(-c2ccc(-c3cccc4ccccc34)c(-c3ccc(-c4ccc5c6c(cccc46)-c4ccccc4S5)s3)c2)cc1. The summed E-state index contributed by atoms with van der Waals surface area (Å²) in [6, 6.07) is 57.9. The lowest BCUT2D eigenvalue weighted by molar-refractivity contribution is 1.40. The molecule has 2 heteroatoms. The quantitative estimate of drug-likeness (QED) is 0.195. The molecule has 0 fully saturated rings. The molecule has 0 amide bonds. The van der Waals surface area contributed by atoms with E-state index in [-0.39, 0.29) is 0 Å². The summed E-state index contributed by atoms with van der Waals surface area (Å²) in [5, 5.41) is 5.23. The molecule has 1 aliphatic rings. The highest BCUT2D eigenvalue weighted by molar-refractivity contribution is 7.99. The van der Waals surface area contributed by atoms with Gasteiger partial charge in [0.15, 0.2) is 0 Å². The summed E-state index contributed by atoms with van der Waals surface area (Å²) in [7, 11) is 0. The van der Waals surface area contributed by atoms with Gasteiger partial charge in [-0.2, -0.15) is 0 Å². The van der Waals surface area contributed by atoms with E-state index in [0.29, 0.717) is 0 Å². The maximum Gasteiger partial charge on any atom is 0.0355 e. The van der Waals surface area contributed by atoms with E-state index in [0.717, 1.165) is 0 Å². The maximum atomic E-state index is 2.38. The molecule has 0 nitrogen and oxygen atoms in total. The zero-order valence-corrected chi connectivity index (χ0v) is 25.5. The van der Waals surface area contributed by atoms with E-state index in [9.17, 15) is 0 Å². The minimum atomic E-state index is 1.23. The van der Waals surface area contributed by atoms with Crippen molar-refractivity contribution in [3.63, 3.8) is 0 Å². The molecule has 0 spiro atoms. The smallest absolute Gasteiger partial charge is 0.0355 e. The molecule has 1 aliphatic heterocycles. The lowest BCUT2D eigenvalue weighted by Crippen LogP contribution is -1.93. The Balaban J connectivity index is 1.23. The van der Waals surface area contributed by atoms with Crippen LogP contribution in [0.2, 0.25) is 0 Å². The van der Waals surface area contributed by atoms with Gasteiger partial charge in [0.05, 0.1) is 0 Å². The summed E-state index contributed by atoms with van der Waals surface area (Å²) in [4.78, 5) is 5.24. The first-order valence-corrected chi connectivity index (χ1v) is 16.6. The van der Waals surface area contributed by atoms with Crippen LogP contribution in [0.5, 0.6) is 0 Å². The Hall–Kier alpha value is -4.89.